The fourth-order valence-electron chi connectivity index (χ4n) is 2.18. The summed E-state index contributed by atoms with van der Waals surface area (Å²) < 4.78 is 11.7. The van der Waals surface area contributed by atoms with Gasteiger partial charge in [0.2, 0.25) is 0 Å². The molecule has 0 fully saturated rings. The van der Waals surface area contributed by atoms with E-state index < -0.39 is 18.9 Å². The lowest BCUT2D eigenvalue weighted by Gasteiger charge is -2.36. The van der Waals surface area contributed by atoms with Crippen LogP contribution in [0.5, 0.6) is 0 Å². The smallest absolute Gasteiger partial charge is 0.361 e. The van der Waals surface area contributed by atoms with Crippen molar-refractivity contribution in [3.05, 3.63) is 35.9 Å². The van der Waals surface area contributed by atoms with E-state index in [1.54, 1.807) is 30.3 Å². The molecule has 17 heavy (non-hydrogen) atoms. The Bertz CT molecular complexity index is 396. The molecule has 3 N–H and O–H groups in total. The fraction of sp³-hybridized carbons (Fsp3) is 0.500. The number of rotatable bonds is 5. The first-order valence-electron chi connectivity index (χ1n) is 5.71. The predicted octanol–water partition coefficient (Wildman–Crippen LogP) is 2.45. The van der Waals surface area contributed by atoms with Crippen LogP contribution >= 0.6 is 7.60 Å². The molecule has 96 valence electrons. The van der Waals surface area contributed by atoms with Crippen LogP contribution in [-0.4, -0.2) is 14.9 Å². The van der Waals surface area contributed by atoms with Gasteiger partial charge in [-0.1, -0.05) is 44.2 Å². The van der Waals surface area contributed by atoms with E-state index in [9.17, 15) is 19.5 Å². The van der Waals surface area contributed by atoms with Gasteiger partial charge in [0.25, 0.3) is 0 Å². The molecular weight excluding hydrogens is 239 g/mol. The summed E-state index contributed by atoms with van der Waals surface area (Å²) in [5, 5.41) is 8.43. The molecule has 4 nitrogen and oxygen atoms in total. The molecule has 0 saturated heterocycles. The molecule has 0 aromatic heterocycles. The van der Waals surface area contributed by atoms with Gasteiger partial charge < -0.3 is 14.9 Å². The SMILES string of the molecule is CCC(CC)C(O)(c1ccccc1)P(=O)(O)O. The highest BCUT2D eigenvalue weighted by atomic mass is 31.2. The van der Waals surface area contributed by atoms with E-state index in [4.69, 9.17) is 0 Å². The van der Waals surface area contributed by atoms with Crippen LogP contribution in [0.1, 0.15) is 32.3 Å². The Kier molecular flexibility index (Phi) is 4.50. The topological polar surface area (TPSA) is 77.8 Å². The van der Waals surface area contributed by atoms with Gasteiger partial charge in [0.05, 0.1) is 0 Å². The summed E-state index contributed by atoms with van der Waals surface area (Å²) in [6.07, 6.45) is 1.01. The summed E-state index contributed by atoms with van der Waals surface area (Å²) in [6.45, 7) is 3.63. The third kappa shape index (κ3) is 2.61. The van der Waals surface area contributed by atoms with Crippen molar-refractivity contribution in [2.24, 2.45) is 5.92 Å². The van der Waals surface area contributed by atoms with Gasteiger partial charge in [-0.3, -0.25) is 4.57 Å². The lowest BCUT2D eigenvalue weighted by Crippen LogP contribution is -2.34. The first-order chi connectivity index (χ1) is 7.87. The van der Waals surface area contributed by atoms with Crippen LogP contribution < -0.4 is 0 Å². The van der Waals surface area contributed by atoms with Gasteiger partial charge in [-0.15, -0.1) is 0 Å². The molecule has 1 aromatic rings. The van der Waals surface area contributed by atoms with Gasteiger partial charge in [-0.25, -0.2) is 0 Å². The fourth-order valence-corrected chi connectivity index (χ4v) is 3.51. The van der Waals surface area contributed by atoms with E-state index in [1.807, 2.05) is 13.8 Å². The molecule has 0 aliphatic carbocycles. The minimum atomic E-state index is -4.64. The monoisotopic (exact) mass is 258 g/mol. The average molecular weight is 258 g/mol. The Labute approximate surface area is 101 Å². The summed E-state index contributed by atoms with van der Waals surface area (Å²) in [4.78, 5) is 19.0. The maximum atomic E-state index is 11.7. The number of hydrogen-bond donors (Lipinski definition) is 3. The van der Waals surface area contributed by atoms with Crippen molar-refractivity contribution in [2.45, 2.75) is 32.0 Å². The van der Waals surface area contributed by atoms with Crippen molar-refractivity contribution in [3.8, 4) is 0 Å². The van der Waals surface area contributed by atoms with Gasteiger partial charge in [-0.2, -0.15) is 0 Å². The minimum absolute atomic E-state index is 0.280. The first kappa shape index (κ1) is 14.4. The molecule has 0 amide bonds. The average Bonchev–Trinajstić information content (AvgIpc) is 2.30. The van der Waals surface area contributed by atoms with E-state index in [-0.39, 0.29) is 5.56 Å². The van der Waals surface area contributed by atoms with Crippen LogP contribution in [0.4, 0.5) is 0 Å². The molecule has 0 heterocycles. The van der Waals surface area contributed by atoms with Gasteiger partial charge in [0, 0.05) is 5.92 Å². The van der Waals surface area contributed by atoms with Crippen molar-refractivity contribution >= 4 is 7.60 Å². The zero-order valence-electron chi connectivity index (χ0n) is 10.1. The van der Waals surface area contributed by atoms with E-state index in [2.05, 4.69) is 0 Å². The molecule has 0 aliphatic rings. The van der Waals surface area contributed by atoms with Crippen molar-refractivity contribution in [1.82, 2.24) is 0 Å². The molecule has 0 aliphatic heterocycles. The highest BCUT2D eigenvalue weighted by molar-refractivity contribution is 7.52. The van der Waals surface area contributed by atoms with E-state index in [0.717, 1.165) is 0 Å². The van der Waals surface area contributed by atoms with Crippen LogP contribution in [0.2, 0.25) is 0 Å². The molecule has 1 unspecified atom stereocenters. The normalized spacial score (nSPS) is 15.9. The lowest BCUT2D eigenvalue weighted by atomic mass is 9.90. The second-order valence-corrected chi connectivity index (χ2v) is 5.92. The molecule has 1 rings (SSSR count). The molecular formula is C12H19O4P. The Morgan fingerprint density at radius 1 is 1.18 bits per heavy atom. The number of benzene rings is 1. The Morgan fingerprint density at radius 3 is 2.00 bits per heavy atom. The van der Waals surface area contributed by atoms with Gasteiger partial charge in [0.15, 0.2) is 5.34 Å². The van der Waals surface area contributed by atoms with Crippen LogP contribution in [-0.2, 0) is 9.91 Å². The third-order valence-corrected chi connectivity index (χ3v) is 4.71. The number of aliphatic hydroxyl groups is 1. The van der Waals surface area contributed by atoms with Crippen molar-refractivity contribution < 1.29 is 19.5 Å². The highest BCUT2D eigenvalue weighted by Gasteiger charge is 2.51. The second kappa shape index (κ2) is 5.32. The predicted molar refractivity (Wildman–Crippen MR) is 66.5 cm³/mol. The first-order valence-corrected chi connectivity index (χ1v) is 7.32. The zero-order chi connectivity index (χ0) is 13.1. The highest BCUT2D eigenvalue weighted by Crippen LogP contribution is 2.60. The molecule has 0 radical (unpaired) electrons. The molecule has 1 aromatic carbocycles. The molecule has 0 bridgehead atoms. The van der Waals surface area contributed by atoms with Gasteiger partial charge in [0.1, 0.15) is 0 Å². The maximum Gasteiger partial charge on any atom is 0.361 e. The minimum Gasteiger partial charge on any atom is -0.373 e. The van der Waals surface area contributed by atoms with Gasteiger partial charge >= 0.3 is 7.60 Å². The maximum absolute atomic E-state index is 11.7. The van der Waals surface area contributed by atoms with Crippen LogP contribution in [0.3, 0.4) is 0 Å². The van der Waals surface area contributed by atoms with Crippen molar-refractivity contribution in [2.75, 3.05) is 0 Å². The zero-order valence-corrected chi connectivity index (χ0v) is 11.0. The molecule has 1 atom stereocenters. The summed E-state index contributed by atoms with van der Waals surface area (Å²) in [6, 6.07) is 8.18. The van der Waals surface area contributed by atoms with Crippen LogP contribution in [0.25, 0.3) is 0 Å². The summed E-state index contributed by atoms with van der Waals surface area (Å²) in [5.74, 6) is -0.467. The molecule has 0 saturated carbocycles. The lowest BCUT2D eigenvalue weighted by molar-refractivity contribution is 0.0268. The summed E-state index contributed by atoms with van der Waals surface area (Å²) in [7, 11) is -4.64. The Hall–Kier alpha value is -0.670. The van der Waals surface area contributed by atoms with Crippen LogP contribution in [0, 0.1) is 5.92 Å². The Balaban J connectivity index is 3.35. The van der Waals surface area contributed by atoms with E-state index >= 15 is 0 Å². The van der Waals surface area contributed by atoms with Crippen molar-refractivity contribution in [3.63, 3.8) is 0 Å². The van der Waals surface area contributed by atoms with Crippen molar-refractivity contribution in [1.29, 1.82) is 0 Å². The summed E-state index contributed by atoms with van der Waals surface area (Å²) in [5.41, 5.74) is 0.280. The number of hydrogen-bond acceptors (Lipinski definition) is 2. The van der Waals surface area contributed by atoms with E-state index in [1.165, 1.54) is 0 Å². The quantitative estimate of drug-likeness (QED) is 0.709. The van der Waals surface area contributed by atoms with E-state index in [0.29, 0.717) is 12.8 Å². The molecule has 0 spiro atoms. The largest absolute Gasteiger partial charge is 0.373 e. The third-order valence-electron chi connectivity index (χ3n) is 3.20. The van der Waals surface area contributed by atoms with Crippen LogP contribution in [0.15, 0.2) is 30.3 Å². The Morgan fingerprint density at radius 2 is 1.65 bits per heavy atom. The summed E-state index contributed by atoms with van der Waals surface area (Å²) >= 11 is 0. The van der Waals surface area contributed by atoms with Gasteiger partial charge in [-0.05, 0) is 18.4 Å². The second-order valence-electron chi connectivity index (χ2n) is 4.15. The molecule has 5 heteroatoms. The standard InChI is InChI=1S/C12H19O4P/c1-3-10(4-2)12(13,17(14,15)16)11-8-6-5-7-9-11/h5-10,13H,3-4H2,1-2H3,(H2,14,15,16).